The molecule has 0 bridgehead atoms. The molecule has 0 aliphatic carbocycles. The molecule has 0 saturated heterocycles. The molecule has 130 valence electrons. The highest BCUT2D eigenvalue weighted by Gasteiger charge is 2.23. The van der Waals surface area contributed by atoms with Crippen molar-refractivity contribution in [1.82, 2.24) is 0 Å². The Morgan fingerprint density at radius 1 is 1.24 bits per heavy atom. The third-order valence-corrected chi connectivity index (χ3v) is 4.46. The molecule has 0 spiro atoms. The first-order chi connectivity index (χ1) is 11.8. The number of ether oxygens (including phenoxy) is 1. The Morgan fingerprint density at radius 3 is 2.60 bits per heavy atom. The number of sulfonamides is 1. The predicted octanol–water partition coefficient (Wildman–Crippen LogP) is 1.97. The van der Waals surface area contributed by atoms with Gasteiger partial charge >= 0.3 is 0 Å². The fourth-order valence-electron chi connectivity index (χ4n) is 2.20. The first kappa shape index (κ1) is 18.3. The second-order valence-electron chi connectivity index (χ2n) is 5.18. The van der Waals surface area contributed by atoms with Crippen LogP contribution in [0.2, 0.25) is 0 Å². The van der Waals surface area contributed by atoms with Crippen LogP contribution in [0, 0.1) is 11.3 Å². The van der Waals surface area contributed by atoms with E-state index in [1.54, 1.807) is 36.4 Å². The number of nitrogens with one attached hydrogen (secondary N) is 1. The molecule has 2 aromatic carbocycles. The monoisotopic (exact) mass is 359 g/mol. The van der Waals surface area contributed by atoms with E-state index in [1.807, 2.05) is 6.07 Å². The van der Waals surface area contributed by atoms with Gasteiger partial charge in [-0.1, -0.05) is 18.2 Å². The molecular formula is C17H17N3O4S. The Balaban J connectivity index is 2.26. The molecule has 8 heteroatoms. The van der Waals surface area contributed by atoms with E-state index >= 15 is 0 Å². The summed E-state index contributed by atoms with van der Waals surface area (Å²) >= 11 is 0. The van der Waals surface area contributed by atoms with Gasteiger partial charge in [-0.05, 0) is 24.3 Å². The van der Waals surface area contributed by atoms with Crippen LogP contribution in [0.1, 0.15) is 5.56 Å². The van der Waals surface area contributed by atoms with Crippen LogP contribution in [-0.2, 0) is 14.8 Å². The van der Waals surface area contributed by atoms with E-state index in [0.717, 1.165) is 10.6 Å². The van der Waals surface area contributed by atoms with Crippen molar-refractivity contribution in [2.24, 2.45) is 0 Å². The molecule has 0 aliphatic rings. The van der Waals surface area contributed by atoms with Crippen LogP contribution in [0.3, 0.4) is 0 Å². The van der Waals surface area contributed by atoms with Crippen LogP contribution in [-0.4, -0.2) is 34.2 Å². The molecule has 2 aromatic rings. The number of carbonyl (C=O) groups excluding carboxylic acids is 1. The van der Waals surface area contributed by atoms with Crippen LogP contribution >= 0.6 is 0 Å². The highest BCUT2D eigenvalue weighted by atomic mass is 32.2. The topological polar surface area (TPSA) is 99.5 Å². The van der Waals surface area contributed by atoms with E-state index in [2.05, 4.69) is 5.32 Å². The molecule has 25 heavy (non-hydrogen) atoms. The van der Waals surface area contributed by atoms with Gasteiger partial charge in [0.15, 0.2) is 0 Å². The molecule has 1 N–H and O–H groups in total. The number of hydrogen-bond donors (Lipinski definition) is 1. The van der Waals surface area contributed by atoms with Gasteiger partial charge in [0.25, 0.3) is 0 Å². The normalized spacial score (nSPS) is 10.6. The number of methoxy groups -OCH3 is 1. The van der Waals surface area contributed by atoms with Gasteiger partial charge in [0.05, 0.1) is 24.6 Å². The van der Waals surface area contributed by atoms with Gasteiger partial charge in [0, 0.05) is 11.8 Å². The molecule has 2 rings (SSSR count). The van der Waals surface area contributed by atoms with E-state index in [9.17, 15) is 18.5 Å². The number of anilines is 2. The van der Waals surface area contributed by atoms with Crippen molar-refractivity contribution in [3.05, 3.63) is 54.1 Å². The maximum absolute atomic E-state index is 12.3. The summed E-state index contributed by atoms with van der Waals surface area (Å²) in [5, 5.41) is 11.8. The van der Waals surface area contributed by atoms with Crippen molar-refractivity contribution in [2.45, 2.75) is 0 Å². The highest BCUT2D eigenvalue weighted by molar-refractivity contribution is 7.92. The Morgan fingerprint density at radius 2 is 1.96 bits per heavy atom. The number of para-hydroxylation sites is 1. The van der Waals surface area contributed by atoms with Crippen molar-refractivity contribution in [2.75, 3.05) is 29.5 Å². The van der Waals surface area contributed by atoms with E-state index < -0.39 is 22.5 Å². The van der Waals surface area contributed by atoms with Gasteiger partial charge in [-0.15, -0.1) is 0 Å². The van der Waals surface area contributed by atoms with Gasteiger partial charge in [-0.3, -0.25) is 9.10 Å². The maximum Gasteiger partial charge on any atom is 0.245 e. The second kappa shape index (κ2) is 7.68. The van der Waals surface area contributed by atoms with Gasteiger partial charge in [-0.25, -0.2) is 8.42 Å². The predicted molar refractivity (Wildman–Crippen MR) is 95.0 cm³/mol. The van der Waals surface area contributed by atoms with Crippen LogP contribution < -0.4 is 14.4 Å². The Bertz CT molecular complexity index is 919. The molecular weight excluding hydrogens is 342 g/mol. The zero-order chi connectivity index (χ0) is 18.4. The number of amides is 1. The maximum atomic E-state index is 12.3. The lowest BCUT2D eigenvalue weighted by molar-refractivity contribution is -0.114. The summed E-state index contributed by atoms with van der Waals surface area (Å²) in [4.78, 5) is 12.3. The van der Waals surface area contributed by atoms with Gasteiger partial charge < -0.3 is 10.1 Å². The Labute approximate surface area is 146 Å². The van der Waals surface area contributed by atoms with Crippen LogP contribution in [0.4, 0.5) is 11.4 Å². The second-order valence-corrected chi connectivity index (χ2v) is 7.09. The summed E-state index contributed by atoms with van der Waals surface area (Å²) in [7, 11) is -2.25. The summed E-state index contributed by atoms with van der Waals surface area (Å²) in [5.74, 6) is 0.0269. The van der Waals surface area contributed by atoms with Crippen molar-refractivity contribution in [1.29, 1.82) is 5.26 Å². The van der Waals surface area contributed by atoms with Crippen molar-refractivity contribution >= 4 is 27.3 Å². The Hall–Kier alpha value is -3.05. The minimum absolute atomic E-state index is 0.160. The van der Waals surface area contributed by atoms with Gasteiger partial charge in [0.2, 0.25) is 15.9 Å². The number of carbonyl (C=O) groups is 1. The number of benzene rings is 2. The fraction of sp³-hybridized carbons (Fsp3) is 0.176. The molecule has 0 aromatic heterocycles. The lowest BCUT2D eigenvalue weighted by atomic mass is 10.2. The quantitative estimate of drug-likeness (QED) is 0.850. The van der Waals surface area contributed by atoms with Crippen LogP contribution in [0.15, 0.2) is 48.5 Å². The first-order valence-electron chi connectivity index (χ1n) is 7.26. The molecule has 0 aliphatic heterocycles. The lowest BCUT2D eigenvalue weighted by Crippen LogP contribution is -2.37. The molecule has 0 saturated carbocycles. The summed E-state index contributed by atoms with van der Waals surface area (Å²) < 4.78 is 30.2. The largest absolute Gasteiger partial charge is 0.497 e. The third-order valence-electron chi connectivity index (χ3n) is 3.33. The molecule has 7 nitrogen and oxygen atoms in total. The standard InChI is InChI=1S/C17H17N3O4S/c1-24-15-8-5-7-14(10-15)19-17(21)12-20(25(2,22)23)16-9-4-3-6-13(16)11-18/h3-10H,12H2,1-2H3,(H,19,21). The summed E-state index contributed by atoms with van der Waals surface area (Å²) in [6.45, 7) is -0.450. The molecule has 0 atom stereocenters. The van der Waals surface area contributed by atoms with E-state index in [4.69, 9.17) is 4.74 Å². The third kappa shape index (κ3) is 4.71. The fourth-order valence-corrected chi connectivity index (χ4v) is 3.07. The van der Waals surface area contributed by atoms with E-state index in [1.165, 1.54) is 19.2 Å². The van der Waals surface area contributed by atoms with Crippen LogP contribution in [0.25, 0.3) is 0 Å². The number of nitriles is 1. The average molecular weight is 359 g/mol. The first-order valence-corrected chi connectivity index (χ1v) is 9.10. The lowest BCUT2D eigenvalue weighted by Gasteiger charge is -2.22. The van der Waals surface area contributed by atoms with Gasteiger partial charge in [-0.2, -0.15) is 5.26 Å². The SMILES string of the molecule is COc1cccc(NC(=O)CN(c2ccccc2C#N)S(C)(=O)=O)c1. The van der Waals surface area contributed by atoms with Gasteiger partial charge in [0.1, 0.15) is 18.4 Å². The molecule has 0 unspecified atom stereocenters. The summed E-state index contributed by atoms with van der Waals surface area (Å²) in [6, 6.07) is 14.8. The Kier molecular flexibility index (Phi) is 5.62. The highest BCUT2D eigenvalue weighted by Crippen LogP contribution is 2.22. The summed E-state index contributed by atoms with van der Waals surface area (Å²) in [5.41, 5.74) is 0.807. The van der Waals surface area contributed by atoms with Crippen molar-refractivity contribution in [3.63, 3.8) is 0 Å². The molecule has 0 fully saturated rings. The molecule has 0 heterocycles. The van der Waals surface area contributed by atoms with Crippen molar-refractivity contribution in [3.8, 4) is 11.8 Å². The number of rotatable bonds is 6. The molecule has 1 amide bonds. The van der Waals surface area contributed by atoms with Crippen LogP contribution in [0.5, 0.6) is 5.75 Å². The minimum atomic E-state index is -3.75. The van der Waals surface area contributed by atoms with E-state index in [-0.39, 0.29) is 11.3 Å². The summed E-state index contributed by atoms with van der Waals surface area (Å²) in [6.07, 6.45) is 0.986. The molecule has 0 radical (unpaired) electrons. The number of hydrogen-bond acceptors (Lipinski definition) is 5. The smallest absolute Gasteiger partial charge is 0.245 e. The van der Waals surface area contributed by atoms with E-state index in [0.29, 0.717) is 11.4 Å². The minimum Gasteiger partial charge on any atom is -0.497 e. The average Bonchev–Trinajstić information content (AvgIpc) is 2.59. The zero-order valence-corrected chi connectivity index (χ0v) is 14.6. The number of nitrogens with zero attached hydrogens (tertiary/aromatic N) is 2. The van der Waals surface area contributed by atoms with Crippen molar-refractivity contribution < 1.29 is 17.9 Å². The zero-order valence-electron chi connectivity index (χ0n) is 13.8.